The van der Waals surface area contributed by atoms with Crippen molar-refractivity contribution in [2.45, 2.75) is 32.7 Å². The molecule has 1 unspecified atom stereocenters. The van der Waals surface area contributed by atoms with Gasteiger partial charge in [0, 0.05) is 37.9 Å². The number of pyridine rings is 1. The van der Waals surface area contributed by atoms with Gasteiger partial charge in [0.25, 0.3) is 0 Å². The highest BCUT2D eigenvalue weighted by atomic mass is 16.2. The Morgan fingerprint density at radius 1 is 1.61 bits per heavy atom. The topological polar surface area (TPSA) is 59.2 Å². The first-order valence-electron chi connectivity index (χ1n) is 6.67. The van der Waals surface area contributed by atoms with Gasteiger partial charge in [-0.1, -0.05) is 19.4 Å². The molecule has 2 N–H and O–H groups in total. The third-order valence-electron chi connectivity index (χ3n) is 3.55. The van der Waals surface area contributed by atoms with Gasteiger partial charge in [0.05, 0.1) is 5.92 Å². The molecule has 1 aromatic heterocycles. The summed E-state index contributed by atoms with van der Waals surface area (Å²) in [5.41, 5.74) is 8.00. The minimum absolute atomic E-state index is 0.0202. The molecule has 1 amide bonds. The van der Waals surface area contributed by atoms with Crippen LogP contribution in [0.2, 0.25) is 0 Å². The number of fused-ring (bicyclic) bond motifs is 1. The summed E-state index contributed by atoms with van der Waals surface area (Å²) in [5, 5.41) is 0. The van der Waals surface area contributed by atoms with E-state index in [1.807, 2.05) is 17.2 Å². The van der Waals surface area contributed by atoms with E-state index in [0.717, 1.165) is 31.5 Å². The second kappa shape index (κ2) is 5.96. The number of rotatable bonds is 4. The molecule has 0 bridgehead atoms. The molecule has 0 fully saturated rings. The van der Waals surface area contributed by atoms with Gasteiger partial charge in [0.15, 0.2) is 0 Å². The maximum absolute atomic E-state index is 12.4. The predicted molar refractivity (Wildman–Crippen MR) is 70.8 cm³/mol. The first-order chi connectivity index (χ1) is 8.76. The molecule has 2 heterocycles. The van der Waals surface area contributed by atoms with Crippen LogP contribution in [0, 0.1) is 5.92 Å². The zero-order chi connectivity index (χ0) is 13.0. The summed E-state index contributed by atoms with van der Waals surface area (Å²) < 4.78 is 0. The fraction of sp³-hybridized carbons (Fsp3) is 0.571. The van der Waals surface area contributed by atoms with Crippen LogP contribution in [-0.2, 0) is 17.8 Å². The van der Waals surface area contributed by atoms with E-state index >= 15 is 0 Å². The van der Waals surface area contributed by atoms with Crippen molar-refractivity contribution in [1.82, 2.24) is 9.88 Å². The lowest BCUT2D eigenvalue weighted by atomic mass is 9.99. The van der Waals surface area contributed by atoms with Crippen molar-refractivity contribution < 1.29 is 4.79 Å². The van der Waals surface area contributed by atoms with E-state index in [1.54, 1.807) is 0 Å². The number of carbonyl (C=O) groups is 1. The molecule has 0 saturated carbocycles. The van der Waals surface area contributed by atoms with Gasteiger partial charge in [-0.25, -0.2) is 0 Å². The van der Waals surface area contributed by atoms with Crippen LogP contribution >= 0.6 is 0 Å². The smallest absolute Gasteiger partial charge is 0.227 e. The molecular weight excluding hydrogens is 226 g/mol. The van der Waals surface area contributed by atoms with Crippen LogP contribution < -0.4 is 5.73 Å². The van der Waals surface area contributed by atoms with Crippen molar-refractivity contribution in [2.24, 2.45) is 11.7 Å². The molecule has 4 nitrogen and oxygen atoms in total. The Morgan fingerprint density at radius 3 is 3.17 bits per heavy atom. The highest BCUT2D eigenvalue weighted by molar-refractivity contribution is 5.79. The summed E-state index contributed by atoms with van der Waals surface area (Å²) in [6.45, 7) is 3.99. The van der Waals surface area contributed by atoms with Gasteiger partial charge in [-0.2, -0.15) is 0 Å². The van der Waals surface area contributed by atoms with Gasteiger partial charge in [-0.15, -0.1) is 0 Å². The van der Waals surface area contributed by atoms with Crippen LogP contribution in [0.3, 0.4) is 0 Å². The second-order valence-electron chi connectivity index (χ2n) is 4.84. The molecule has 0 aliphatic carbocycles. The molecule has 1 aliphatic rings. The summed E-state index contributed by atoms with van der Waals surface area (Å²) >= 11 is 0. The molecule has 0 spiro atoms. The van der Waals surface area contributed by atoms with Gasteiger partial charge < -0.3 is 10.6 Å². The molecule has 1 atom stereocenters. The number of hydrogen-bond acceptors (Lipinski definition) is 3. The van der Waals surface area contributed by atoms with E-state index in [-0.39, 0.29) is 11.8 Å². The Morgan fingerprint density at radius 2 is 2.44 bits per heavy atom. The first-order valence-corrected chi connectivity index (χ1v) is 6.67. The van der Waals surface area contributed by atoms with Crippen molar-refractivity contribution in [3.05, 3.63) is 29.6 Å². The largest absolute Gasteiger partial charge is 0.338 e. The molecule has 0 aromatic carbocycles. The number of nitrogens with two attached hydrogens (primary N) is 1. The summed E-state index contributed by atoms with van der Waals surface area (Å²) in [4.78, 5) is 18.6. The van der Waals surface area contributed by atoms with E-state index in [1.165, 1.54) is 5.56 Å². The van der Waals surface area contributed by atoms with Gasteiger partial charge in [-0.3, -0.25) is 9.78 Å². The molecule has 1 aromatic rings. The molecule has 0 radical (unpaired) electrons. The van der Waals surface area contributed by atoms with Gasteiger partial charge in [0.2, 0.25) is 5.91 Å². The Labute approximate surface area is 108 Å². The van der Waals surface area contributed by atoms with Gasteiger partial charge in [-0.05, 0) is 18.1 Å². The summed E-state index contributed by atoms with van der Waals surface area (Å²) in [7, 11) is 0. The Hall–Kier alpha value is -1.42. The zero-order valence-electron chi connectivity index (χ0n) is 10.9. The van der Waals surface area contributed by atoms with Crippen LogP contribution in [0.15, 0.2) is 18.3 Å². The molecular formula is C14H21N3O. The SMILES string of the molecule is CCCC(CN)C(=O)N1CCc2ncccc2C1. The lowest BCUT2D eigenvalue weighted by Crippen LogP contribution is -2.42. The summed E-state index contributed by atoms with van der Waals surface area (Å²) in [6.07, 6.45) is 4.55. The molecule has 18 heavy (non-hydrogen) atoms. The molecule has 0 saturated heterocycles. The van der Waals surface area contributed by atoms with Crippen molar-refractivity contribution in [1.29, 1.82) is 0 Å². The predicted octanol–water partition coefficient (Wildman–Crippen LogP) is 1.34. The van der Waals surface area contributed by atoms with E-state index < -0.39 is 0 Å². The minimum atomic E-state index is -0.0202. The van der Waals surface area contributed by atoms with Crippen molar-refractivity contribution in [3.63, 3.8) is 0 Å². The van der Waals surface area contributed by atoms with Crippen molar-refractivity contribution >= 4 is 5.91 Å². The summed E-state index contributed by atoms with van der Waals surface area (Å²) in [6, 6.07) is 3.98. The maximum Gasteiger partial charge on any atom is 0.227 e. The molecule has 4 heteroatoms. The highest BCUT2D eigenvalue weighted by Crippen LogP contribution is 2.19. The van der Waals surface area contributed by atoms with Crippen LogP contribution in [-0.4, -0.2) is 28.9 Å². The second-order valence-corrected chi connectivity index (χ2v) is 4.84. The van der Waals surface area contributed by atoms with Gasteiger partial charge in [0.1, 0.15) is 0 Å². The van der Waals surface area contributed by atoms with Crippen LogP contribution in [0.1, 0.15) is 31.0 Å². The lowest BCUT2D eigenvalue weighted by molar-refractivity contribution is -0.136. The highest BCUT2D eigenvalue weighted by Gasteiger charge is 2.26. The monoisotopic (exact) mass is 247 g/mol. The average Bonchev–Trinajstić information content (AvgIpc) is 2.43. The number of amides is 1. The third-order valence-corrected chi connectivity index (χ3v) is 3.55. The third kappa shape index (κ3) is 2.70. The number of nitrogens with zero attached hydrogens (tertiary/aromatic N) is 2. The fourth-order valence-corrected chi connectivity index (χ4v) is 2.50. The van der Waals surface area contributed by atoms with Crippen LogP contribution in [0.5, 0.6) is 0 Å². The van der Waals surface area contributed by atoms with Crippen LogP contribution in [0.25, 0.3) is 0 Å². The number of hydrogen-bond donors (Lipinski definition) is 1. The molecule has 1 aliphatic heterocycles. The maximum atomic E-state index is 12.4. The van der Waals surface area contributed by atoms with Crippen molar-refractivity contribution in [3.8, 4) is 0 Å². The van der Waals surface area contributed by atoms with Crippen LogP contribution in [0.4, 0.5) is 0 Å². The fourth-order valence-electron chi connectivity index (χ4n) is 2.50. The Bertz CT molecular complexity index is 419. The van der Waals surface area contributed by atoms with E-state index in [9.17, 15) is 4.79 Å². The quantitative estimate of drug-likeness (QED) is 0.873. The first kappa shape index (κ1) is 13.0. The summed E-state index contributed by atoms with van der Waals surface area (Å²) in [5.74, 6) is 0.182. The molecule has 98 valence electrons. The van der Waals surface area contributed by atoms with E-state index in [4.69, 9.17) is 5.73 Å². The molecule has 2 rings (SSSR count). The minimum Gasteiger partial charge on any atom is -0.338 e. The van der Waals surface area contributed by atoms with Gasteiger partial charge >= 0.3 is 0 Å². The van der Waals surface area contributed by atoms with E-state index in [2.05, 4.69) is 18.0 Å². The normalized spacial score (nSPS) is 16.2. The Kier molecular flexibility index (Phi) is 4.31. The number of carbonyl (C=O) groups excluding carboxylic acids is 1. The zero-order valence-corrected chi connectivity index (χ0v) is 10.9. The number of aromatic nitrogens is 1. The van der Waals surface area contributed by atoms with Crippen molar-refractivity contribution in [2.75, 3.05) is 13.1 Å². The lowest BCUT2D eigenvalue weighted by Gasteiger charge is -2.31. The average molecular weight is 247 g/mol. The standard InChI is InChI=1S/C14H21N3O/c1-2-4-11(9-15)14(18)17-8-6-13-12(10-17)5-3-7-16-13/h3,5,7,11H,2,4,6,8-10,15H2,1H3. The van der Waals surface area contributed by atoms with E-state index in [0.29, 0.717) is 13.1 Å². The Balaban J connectivity index is 2.06.